The van der Waals surface area contributed by atoms with Crippen LogP contribution in [0.4, 0.5) is 5.69 Å². The molecule has 0 spiro atoms. The first kappa shape index (κ1) is 17.3. The Morgan fingerprint density at radius 2 is 1.71 bits per heavy atom. The van der Waals surface area contributed by atoms with Crippen LogP contribution in [-0.2, 0) is 10.0 Å². The molecule has 2 rings (SSSR count). The predicted octanol–water partition coefficient (Wildman–Crippen LogP) is 3.16. The molecule has 6 heteroatoms. The number of benzene rings is 2. The van der Waals surface area contributed by atoms with E-state index < -0.39 is 10.0 Å². The van der Waals surface area contributed by atoms with Gasteiger partial charge in [0.05, 0.1) is 34.8 Å². The third-order valence-electron chi connectivity index (χ3n) is 3.35. The summed E-state index contributed by atoms with van der Waals surface area (Å²) < 4.78 is 27.1. The average Bonchev–Trinajstić information content (AvgIpc) is 2.59. The molecule has 0 aliphatic heterocycles. The number of nitriles is 2. The Hall–Kier alpha value is -3.09. The summed E-state index contributed by atoms with van der Waals surface area (Å²) >= 11 is 0. The second-order valence-corrected chi connectivity index (χ2v) is 6.93. The van der Waals surface area contributed by atoms with Crippen LogP contribution in [0.1, 0.15) is 5.56 Å². The van der Waals surface area contributed by atoms with Crippen molar-refractivity contribution in [2.75, 3.05) is 10.8 Å². The normalized spacial score (nSPS) is 11.4. The zero-order chi connectivity index (χ0) is 17.6. The molecule has 120 valence electrons. The van der Waals surface area contributed by atoms with Gasteiger partial charge in [0, 0.05) is 6.08 Å². The highest BCUT2D eigenvalue weighted by Crippen LogP contribution is 2.24. The fourth-order valence-electron chi connectivity index (χ4n) is 2.09. The third kappa shape index (κ3) is 3.81. The Morgan fingerprint density at radius 1 is 1.08 bits per heavy atom. The van der Waals surface area contributed by atoms with Crippen LogP contribution in [0, 0.1) is 29.6 Å². The van der Waals surface area contributed by atoms with Crippen molar-refractivity contribution in [3.05, 3.63) is 71.8 Å². The minimum absolute atomic E-state index is 0.0667. The Morgan fingerprint density at radius 3 is 2.25 bits per heavy atom. The van der Waals surface area contributed by atoms with Crippen LogP contribution in [0.15, 0.2) is 71.1 Å². The number of para-hydroxylation sites is 1. The average molecular weight is 337 g/mol. The maximum atomic E-state index is 13.0. The van der Waals surface area contributed by atoms with Crippen molar-refractivity contribution in [2.24, 2.45) is 0 Å². The number of anilines is 1. The minimum Gasteiger partial charge on any atom is -0.261 e. The maximum absolute atomic E-state index is 13.0. The van der Waals surface area contributed by atoms with Crippen molar-refractivity contribution >= 4 is 15.7 Å². The van der Waals surface area contributed by atoms with Gasteiger partial charge in [0.25, 0.3) is 10.0 Å². The fourth-order valence-corrected chi connectivity index (χ4v) is 3.54. The number of nitrogens with zero attached hydrogens (tertiary/aromatic N) is 3. The predicted molar refractivity (Wildman–Crippen MR) is 91.5 cm³/mol. The van der Waals surface area contributed by atoms with E-state index in [0.717, 1.165) is 15.9 Å². The van der Waals surface area contributed by atoms with Gasteiger partial charge in [-0.15, -0.1) is 0 Å². The van der Waals surface area contributed by atoms with Crippen molar-refractivity contribution in [1.29, 1.82) is 10.5 Å². The monoisotopic (exact) mass is 337 g/mol. The number of allylic oxidation sites excluding steroid dienone is 1. The van der Waals surface area contributed by atoms with E-state index in [1.54, 1.807) is 48.5 Å². The third-order valence-corrected chi connectivity index (χ3v) is 5.14. The van der Waals surface area contributed by atoms with Crippen LogP contribution < -0.4 is 4.31 Å². The molecule has 0 saturated heterocycles. The summed E-state index contributed by atoms with van der Waals surface area (Å²) in [5, 5.41) is 17.9. The van der Waals surface area contributed by atoms with E-state index in [1.165, 1.54) is 12.1 Å². The minimum atomic E-state index is -3.86. The first-order valence-corrected chi connectivity index (χ1v) is 8.56. The maximum Gasteiger partial charge on any atom is 0.264 e. The van der Waals surface area contributed by atoms with E-state index in [0.29, 0.717) is 5.69 Å². The number of rotatable bonds is 5. The molecule has 2 aromatic carbocycles. The van der Waals surface area contributed by atoms with Crippen LogP contribution in [0.3, 0.4) is 0 Å². The lowest BCUT2D eigenvalue weighted by Crippen LogP contribution is -2.32. The lowest BCUT2D eigenvalue weighted by Gasteiger charge is -2.24. The number of aryl methyl sites for hydroxylation is 1. The molecule has 0 unspecified atom stereocenters. The van der Waals surface area contributed by atoms with E-state index in [9.17, 15) is 8.42 Å². The molecule has 0 radical (unpaired) electrons. The SMILES string of the molecule is Cc1ccc(S(=O)(=O)N(C/C(C#N)=C/C#N)c2ccccc2)cc1. The summed E-state index contributed by atoms with van der Waals surface area (Å²) in [6, 6.07) is 18.6. The molecule has 0 aromatic heterocycles. The van der Waals surface area contributed by atoms with Crippen LogP contribution in [0.25, 0.3) is 0 Å². The van der Waals surface area contributed by atoms with Gasteiger partial charge >= 0.3 is 0 Å². The molecule has 24 heavy (non-hydrogen) atoms. The van der Waals surface area contributed by atoms with Gasteiger partial charge in [-0.25, -0.2) is 8.42 Å². The molecule has 0 N–H and O–H groups in total. The second-order valence-electron chi connectivity index (χ2n) is 5.07. The lowest BCUT2D eigenvalue weighted by molar-refractivity contribution is 0.592. The van der Waals surface area contributed by atoms with Gasteiger partial charge in [-0.05, 0) is 31.2 Å². The zero-order valence-electron chi connectivity index (χ0n) is 13.0. The lowest BCUT2D eigenvalue weighted by atomic mass is 10.2. The van der Waals surface area contributed by atoms with Gasteiger partial charge in [0.2, 0.25) is 0 Å². The number of hydrogen-bond acceptors (Lipinski definition) is 4. The van der Waals surface area contributed by atoms with Crippen LogP contribution in [-0.4, -0.2) is 15.0 Å². The molecule has 0 bridgehead atoms. The van der Waals surface area contributed by atoms with Crippen molar-refractivity contribution in [3.63, 3.8) is 0 Å². The van der Waals surface area contributed by atoms with Crippen molar-refractivity contribution in [2.45, 2.75) is 11.8 Å². The Labute approximate surface area is 141 Å². The molecule has 5 nitrogen and oxygen atoms in total. The highest BCUT2D eigenvalue weighted by Gasteiger charge is 2.25. The molecule has 0 aliphatic carbocycles. The molecule has 2 aromatic rings. The summed E-state index contributed by atoms with van der Waals surface area (Å²) in [7, 11) is -3.86. The summed E-state index contributed by atoms with van der Waals surface area (Å²) in [5.41, 5.74) is 1.44. The van der Waals surface area contributed by atoms with Gasteiger partial charge in [-0.1, -0.05) is 35.9 Å². The van der Waals surface area contributed by atoms with Crippen LogP contribution in [0.5, 0.6) is 0 Å². The molecule has 0 heterocycles. The van der Waals surface area contributed by atoms with E-state index in [4.69, 9.17) is 10.5 Å². The van der Waals surface area contributed by atoms with Gasteiger partial charge in [0.15, 0.2) is 0 Å². The highest BCUT2D eigenvalue weighted by atomic mass is 32.2. The van der Waals surface area contributed by atoms with E-state index in [-0.39, 0.29) is 17.0 Å². The molecular formula is C18H15N3O2S. The van der Waals surface area contributed by atoms with E-state index >= 15 is 0 Å². The van der Waals surface area contributed by atoms with Gasteiger partial charge in [-0.3, -0.25) is 4.31 Å². The molecule has 0 aliphatic rings. The molecule has 0 saturated carbocycles. The molecule has 0 atom stereocenters. The second kappa shape index (κ2) is 7.45. The standard InChI is InChI=1S/C18H15N3O2S/c1-15-7-9-18(10-8-15)24(22,23)21(14-16(13-20)11-12-19)17-5-3-2-4-6-17/h2-11H,14H2,1H3/b16-11+. The van der Waals surface area contributed by atoms with Gasteiger partial charge in [-0.2, -0.15) is 10.5 Å². The summed E-state index contributed by atoms with van der Waals surface area (Å²) in [6.45, 7) is 1.67. The molecular weight excluding hydrogens is 322 g/mol. The molecule has 0 amide bonds. The Bertz CT molecular complexity index is 919. The first-order valence-electron chi connectivity index (χ1n) is 7.12. The Kier molecular flexibility index (Phi) is 5.36. The van der Waals surface area contributed by atoms with E-state index in [1.807, 2.05) is 13.0 Å². The van der Waals surface area contributed by atoms with Crippen molar-refractivity contribution < 1.29 is 8.42 Å². The summed E-state index contributed by atoms with van der Waals surface area (Å²) in [4.78, 5) is 0.131. The fraction of sp³-hybridized carbons (Fsp3) is 0.111. The summed E-state index contributed by atoms with van der Waals surface area (Å²) in [5.74, 6) is 0. The van der Waals surface area contributed by atoms with Crippen LogP contribution >= 0.6 is 0 Å². The zero-order valence-corrected chi connectivity index (χ0v) is 13.9. The number of sulfonamides is 1. The quantitative estimate of drug-likeness (QED) is 0.784. The Balaban J connectivity index is 2.54. The number of hydrogen-bond donors (Lipinski definition) is 0. The van der Waals surface area contributed by atoms with Gasteiger partial charge in [0.1, 0.15) is 0 Å². The van der Waals surface area contributed by atoms with Crippen molar-refractivity contribution in [1.82, 2.24) is 0 Å². The van der Waals surface area contributed by atoms with Gasteiger partial charge < -0.3 is 0 Å². The largest absolute Gasteiger partial charge is 0.264 e. The highest BCUT2D eigenvalue weighted by molar-refractivity contribution is 7.92. The van der Waals surface area contributed by atoms with Crippen LogP contribution in [0.2, 0.25) is 0 Å². The topological polar surface area (TPSA) is 85.0 Å². The first-order chi connectivity index (χ1) is 11.5. The smallest absolute Gasteiger partial charge is 0.261 e. The summed E-state index contributed by atoms with van der Waals surface area (Å²) in [6.07, 6.45) is 1.06. The molecule has 0 fully saturated rings. The van der Waals surface area contributed by atoms with E-state index in [2.05, 4.69) is 0 Å². The van der Waals surface area contributed by atoms with Crippen molar-refractivity contribution in [3.8, 4) is 12.1 Å².